The zero-order chi connectivity index (χ0) is 12.3. The van der Waals surface area contributed by atoms with Gasteiger partial charge in [-0.25, -0.2) is 4.39 Å². The monoisotopic (exact) mass is 255 g/mol. The quantitative estimate of drug-likeness (QED) is 0.898. The van der Waals surface area contributed by atoms with Crippen molar-refractivity contribution in [2.24, 2.45) is 5.73 Å². The number of benzene rings is 1. The molecule has 3 atom stereocenters. The summed E-state index contributed by atoms with van der Waals surface area (Å²) in [7, 11) is 0. The largest absolute Gasteiger partial charge is 0.377 e. The molecular weight excluding hydrogens is 237 g/mol. The van der Waals surface area contributed by atoms with E-state index in [4.69, 9.17) is 10.5 Å². The third-order valence-electron chi connectivity index (χ3n) is 3.09. The van der Waals surface area contributed by atoms with Gasteiger partial charge in [-0.05, 0) is 31.0 Å². The van der Waals surface area contributed by atoms with Crippen LogP contribution in [0.25, 0.3) is 0 Å². The average molecular weight is 255 g/mol. The highest BCUT2D eigenvalue weighted by Gasteiger charge is 2.25. The summed E-state index contributed by atoms with van der Waals surface area (Å²) in [5.41, 5.74) is 7.08. The zero-order valence-corrected chi connectivity index (χ0v) is 10.8. The molecule has 0 aromatic heterocycles. The molecule has 1 saturated heterocycles. The second-order valence-electron chi connectivity index (χ2n) is 4.39. The lowest BCUT2D eigenvalue weighted by Crippen LogP contribution is -2.19. The number of halogens is 1. The summed E-state index contributed by atoms with van der Waals surface area (Å²) >= 11 is 1.86. The normalized spacial score (nSPS) is 26.1. The molecule has 0 amide bonds. The molecule has 0 bridgehead atoms. The summed E-state index contributed by atoms with van der Waals surface area (Å²) in [5.74, 6) is 0.635. The van der Waals surface area contributed by atoms with Gasteiger partial charge in [0.15, 0.2) is 0 Å². The van der Waals surface area contributed by atoms with Gasteiger partial charge in [0.05, 0.1) is 6.10 Å². The Hall–Kier alpha value is -0.580. The Morgan fingerprint density at radius 2 is 2.18 bits per heavy atom. The molecule has 94 valence electrons. The first kappa shape index (κ1) is 12.9. The van der Waals surface area contributed by atoms with Crippen molar-refractivity contribution in [3.8, 4) is 0 Å². The fraction of sp³-hybridized carbons (Fsp3) is 0.538. The number of ether oxygens (including phenoxy) is 1. The summed E-state index contributed by atoms with van der Waals surface area (Å²) in [6.45, 7) is 2.96. The number of hydrogen-bond acceptors (Lipinski definition) is 3. The highest BCUT2D eigenvalue weighted by molar-refractivity contribution is 8.00. The molecule has 0 saturated carbocycles. The third kappa shape index (κ3) is 3.44. The summed E-state index contributed by atoms with van der Waals surface area (Å²) < 4.78 is 18.3. The Morgan fingerprint density at radius 3 is 2.76 bits per heavy atom. The van der Waals surface area contributed by atoms with Crippen LogP contribution in [-0.2, 0) is 4.74 Å². The van der Waals surface area contributed by atoms with Gasteiger partial charge in [0.2, 0.25) is 0 Å². The lowest BCUT2D eigenvalue weighted by molar-refractivity contribution is 0.127. The molecule has 4 heteroatoms. The Labute approximate surface area is 106 Å². The van der Waals surface area contributed by atoms with E-state index < -0.39 is 0 Å². The van der Waals surface area contributed by atoms with Gasteiger partial charge < -0.3 is 10.5 Å². The Balaban J connectivity index is 1.84. The molecule has 0 aliphatic carbocycles. The van der Waals surface area contributed by atoms with Crippen LogP contribution in [-0.4, -0.2) is 23.7 Å². The van der Waals surface area contributed by atoms with E-state index in [0.717, 1.165) is 24.3 Å². The predicted octanol–water partition coefficient (Wildman–Crippen LogP) is 2.74. The van der Waals surface area contributed by atoms with Gasteiger partial charge in [-0.1, -0.05) is 12.1 Å². The van der Waals surface area contributed by atoms with E-state index in [9.17, 15) is 4.39 Å². The first-order chi connectivity index (χ1) is 8.16. The van der Waals surface area contributed by atoms with Gasteiger partial charge in [-0.15, -0.1) is 0 Å². The SMILES string of the molecule is CC1OCCC1SCC(N)c1ccc(F)cc1. The first-order valence-electron chi connectivity index (χ1n) is 5.91. The molecule has 0 spiro atoms. The molecule has 2 N–H and O–H groups in total. The standard InChI is InChI=1S/C13H18FNOS/c1-9-13(6-7-16-9)17-8-12(15)10-2-4-11(14)5-3-10/h2-5,9,12-13H,6-8,15H2,1H3. The molecular formula is C13H18FNOS. The molecule has 1 fully saturated rings. The van der Waals surface area contributed by atoms with Crippen LogP contribution in [0, 0.1) is 5.82 Å². The highest BCUT2D eigenvalue weighted by atomic mass is 32.2. The second-order valence-corrected chi connectivity index (χ2v) is 5.67. The number of hydrogen-bond donors (Lipinski definition) is 1. The van der Waals surface area contributed by atoms with Crippen molar-refractivity contribution in [1.82, 2.24) is 0 Å². The van der Waals surface area contributed by atoms with Crippen molar-refractivity contribution in [3.63, 3.8) is 0 Å². The van der Waals surface area contributed by atoms with Gasteiger partial charge in [0.25, 0.3) is 0 Å². The second kappa shape index (κ2) is 5.85. The van der Waals surface area contributed by atoms with Gasteiger partial charge in [0, 0.05) is 23.7 Å². The molecule has 3 unspecified atom stereocenters. The van der Waals surface area contributed by atoms with Gasteiger partial charge in [-0.3, -0.25) is 0 Å². The van der Waals surface area contributed by atoms with Crippen molar-refractivity contribution in [3.05, 3.63) is 35.6 Å². The first-order valence-corrected chi connectivity index (χ1v) is 6.96. The van der Waals surface area contributed by atoms with Crippen molar-refractivity contribution < 1.29 is 9.13 Å². The third-order valence-corrected chi connectivity index (χ3v) is 4.69. The van der Waals surface area contributed by atoms with Gasteiger partial charge in [-0.2, -0.15) is 11.8 Å². The Bertz CT molecular complexity index is 357. The van der Waals surface area contributed by atoms with Crippen LogP contribution in [0.15, 0.2) is 24.3 Å². The molecule has 2 nitrogen and oxygen atoms in total. The summed E-state index contributed by atoms with van der Waals surface area (Å²) in [4.78, 5) is 0. The van der Waals surface area contributed by atoms with Crippen molar-refractivity contribution >= 4 is 11.8 Å². The van der Waals surface area contributed by atoms with E-state index in [2.05, 4.69) is 6.92 Å². The fourth-order valence-corrected chi connectivity index (χ4v) is 3.22. The summed E-state index contributed by atoms with van der Waals surface area (Å²) in [5, 5.41) is 0.543. The van der Waals surface area contributed by atoms with Crippen LogP contribution >= 0.6 is 11.8 Å². The maximum atomic E-state index is 12.8. The minimum atomic E-state index is -0.216. The fourth-order valence-electron chi connectivity index (χ4n) is 1.96. The van der Waals surface area contributed by atoms with E-state index in [1.807, 2.05) is 11.8 Å². The van der Waals surface area contributed by atoms with E-state index in [-0.39, 0.29) is 11.9 Å². The Kier molecular flexibility index (Phi) is 4.42. The molecule has 0 radical (unpaired) electrons. The average Bonchev–Trinajstić information content (AvgIpc) is 2.73. The number of thioether (sulfide) groups is 1. The van der Waals surface area contributed by atoms with Crippen molar-refractivity contribution in [2.45, 2.75) is 30.7 Å². The topological polar surface area (TPSA) is 35.2 Å². The molecule has 1 aromatic rings. The van der Waals surface area contributed by atoms with Gasteiger partial charge >= 0.3 is 0 Å². The molecule has 1 aliphatic rings. The van der Waals surface area contributed by atoms with E-state index in [1.54, 1.807) is 12.1 Å². The van der Waals surface area contributed by atoms with Crippen molar-refractivity contribution in [1.29, 1.82) is 0 Å². The number of rotatable bonds is 4. The van der Waals surface area contributed by atoms with E-state index in [1.165, 1.54) is 12.1 Å². The van der Waals surface area contributed by atoms with Crippen LogP contribution in [0.2, 0.25) is 0 Å². The summed E-state index contributed by atoms with van der Waals surface area (Å²) in [6.07, 6.45) is 1.42. The molecule has 17 heavy (non-hydrogen) atoms. The van der Waals surface area contributed by atoms with Gasteiger partial charge in [0.1, 0.15) is 5.82 Å². The van der Waals surface area contributed by atoms with Crippen LogP contribution in [0.4, 0.5) is 4.39 Å². The lowest BCUT2D eigenvalue weighted by Gasteiger charge is -2.17. The Morgan fingerprint density at radius 1 is 1.47 bits per heavy atom. The van der Waals surface area contributed by atoms with Crippen molar-refractivity contribution in [2.75, 3.05) is 12.4 Å². The minimum Gasteiger partial charge on any atom is -0.377 e. The molecule has 1 heterocycles. The van der Waals surface area contributed by atoms with Crippen LogP contribution in [0.1, 0.15) is 24.9 Å². The van der Waals surface area contributed by atoms with E-state index in [0.29, 0.717) is 11.4 Å². The molecule has 1 aliphatic heterocycles. The van der Waals surface area contributed by atoms with E-state index >= 15 is 0 Å². The molecule has 1 aromatic carbocycles. The highest BCUT2D eigenvalue weighted by Crippen LogP contribution is 2.28. The maximum absolute atomic E-state index is 12.8. The lowest BCUT2D eigenvalue weighted by atomic mass is 10.1. The predicted molar refractivity (Wildman–Crippen MR) is 69.6 cm³/mol. The van der Waals surface area contributed by atoms with Crippen LogP contribution in [0.3, 0.4) is 0 Å². The van der Waals surface area contributed by atoms with Crippen LogP contribution in [0.5, 0.6) is 0 Å². The number of nitrogens with two attached hydrogens (primary N) is 1. The smallest absolute Gasteiger partial charge is 0.123 e. The maximum Gasteiger partial charge on any atom is 0.123 e. The molecule has 2 rings (SSSR count). The van der Waals surface area contributed by atoms with Crippen LogP contribution < -0.4 is 5.73 Å². The zero-order valence-electron chi connectivity index (χ0n) is 9.93. The minimum absolute atomic E-state index is 0.0339. The summed E-state index contributed by atoms with van der Waals surface area (Å²) in [6, 6.07) is 6.40.